The molecule has 1 aromatic heterocycles. The van der Waals surface area contributed by atoms with Gasteiger partial charge in [-0.2, -0.15) is 5.26 Å². The number of non-ortho nitro benzene ring substituents is 1. The molecule has 0 atom stereocenters. The van der Waals surface area contributed by atoms with Crippen molar-refractivity contribution in [2.75, 3.05) is 11.9 Å². The number of hydrogen-bond donors (Lipinski definition) is 1. The highest BCUT2D eigenvalue weighted by molar-refractivity contribution is 5.88. The van der Waals surface area contributed by atoms with Crippen LogP contribution in [-0.2, 0) is 17.9 Å². The van der Waals surface area contributed by atoms with Crippen molar-refractivity contribution in [1.29, 1.82) is 5.26 Å². The van der Waals surface area contributed by atoms with Gasteiger partial charge < -0.3 is 10.1 Å². The number of pyridine rings is 1. The number of fused-ring (bicyclic) bond motifs is 1. The van der Waals surface area contributed by atoms with E-state index in [1.165, 1.54) is 12.1 Å². The van der Waals surface area contributed by atoms with Gasteiger partial charge in [0.05, 0.1) is 28.7 Å². The number of hydrogen-bond acceptors (Lipinski definition) is 6. The van der Waals surface area contributed by atoms with Crippen molar-refractivity contribution in [2.45, 2.75) is 20.1 Å². The number of aromatic nitrogens is 1. The maximum Gasteiger partial charge on any atom is 0.270 e. The van der Waals surface area contributed by atoms with E-state index in [-0.39, 0.29) is 5.69 Å². The minimum absolute atomic E-state index is 0.0614. The fraction of sp³-hybridized carbons (Fsp3) is 0.200. The number of nitro benzene ring substituents is 1. The predicted molar refractivity (Wildman–Crippen MR) is 102 cm³/mol. The fourth-order valence-electron chi connectivity index (χ4n) is 2.68. The number of anilines is 1. The molecule has 0 spiro atoms. The van der Waals surface area contributed by atoms with Crippen LogP contribution < -0.4 is 5.32 Å². The molecule has 0 radical (unpaired) electrons. The minimum Gasteiger partial charge on any atom is -0.377 e. The molecule has 136 valence electrons. The van der Waals surface area contributed by atoms with Crippen molar-refractivity contribution < 1.29 is 9.66 Å². The van der Waals surface area contributed by atoms with E-state index in [4.69, 9.17) is 4.74 Å². The van der Waals surface area contributed by atoms with Crippen LogP contribution in [0.25, 0.3) is 10.9 Å². The Hall–Kier alpha value is -3.50. The van der Waals surface area contributed by atoms with E-state index in [1.807, 2.05) is 31.2 Å². The lowest BCUT2D eigenvalue weighted by Gasteiger charge is -2.09. The molecule has 0 fully saturated rings. The molecule has 1 N–H and O–H groups in total. The molecule has 27 heavy (non-hydrogen) atoms. The van der Waals surface area contributed by atoms with E-state index in [0.717, 1.165) is 11.1 Å². The van der Waals surface area contributed by atoms with Crippen LogP contribution >= 0.6 is 0 Å². The maximum atomic E-state index is 10.9. The number of rotatable bonds is 7. The van der Waals surface area contributed by atoms with Crippen molar-refractivity contribution in [2.24, 2.45) is 0 Å². The van der Waals surface area contributed by atoms with Gasteiger partial charge in [-0.1, -0.05) is 24.3 Å². The van der Waals surface area contributed by atoms with Crippen LogP contribution in [0.1, 0.15) is 23.6 Å². The summed E-state index contributed by atoms with van der Waals surface area (Å²) in [6.07, 6.45) is 0. The SMILES string of the molecule is CCOCc1ccc(CNc2cc(C#N)c3cc([N+](=O)[O-])ccc3n2)cc1. The topological polar surface area (TPSA) is 101 Å². The van der Waals surface area contributed by atoms with Gasteiger partial charge in [-0.15, -0.1) is 0 Å². The maximum absolute atomic E-state index is 10.9. The highest BCUT2D eigenvalue weighted by Crippen LogP contribution is 2.25. The van der Waals surface area contributed by atoms with Crippen LogP contribution in [0.15, 0.2) is 48.5 Å². The third-order valence-electron chi connectivity index (χ3n) is 4.09. The first-order valence-corrected chi connectivity index (χ1v) is 8.49. The second kappa shape index (κ2) is 8.25. The molecular weight excluding hydrogens is 344 g/mol. The largest absolute Gasteiger partial charge is 0.377 e. The second-order valence-electron chi connectivity index (χ2n) is 5.93. The Labute approximate surface area is 156 Å². The molecular formula is C20H18N4O3. The molecule has 7 nitrogen and oxygen atoms in total. The Balaban J connectivity index is 1.78. The molecule has 2 aromatic carbocycles. The standard InChI is InChI=1S/C20H18N4O3/c1-2-27-13-15-5-3-14(4-6-15)12-22-20-9-16(11-21)18-10-17(24(25)26)7-8-19(18)23-20/h3-10H,2,12-13H2,1H3,(H,22,23). The van der Waals surface area contributed by atoms with Crippen molar-refractivity contribution in [1.82, 2.24) is 4.98 Å². The smallest absolute Gasteiger partial charge is 0.270 e. The highest BCUT2D eigenvalue weighted by Gasteiger charge is 2.11. The van der Waals surface area contributed by atoms with Crippen LogP contribution in [0, 0.1) is 21.4 Å². The monoisotopic (exact) mass is 362 g/mol. The summed E-state index contributed by atoms with van der Waals surface area (Å²) in [5.74, 6) is 0.547. The Morgan fingerprint density at radius 3 is 2.59 bits per heavy atom. The summed E-state index contributed by atoms with van der Waals surface area (Å²) in [5.41, 5.74) is 3.00. The van der Waals surface area contributed by atoms with Gasteiger partial charge in [-0.05, 0) is 30.2 Å². The Morgan fingerprint density at radius 1 is 1.19 bits per heavy atom. The average molecular weight is 362 g/mol. The van der Waals surface area contributed by atoms with E-state index >= 15 is 0 Å². The van der Waals surface area contributed by atoms with Gasteiger partial charge in [-0.25, -0.2) is 4.98 Å². The van der Waals surface area contributed by atoms with Crippen LogP contribution in [0.5, 0.6) is 0 Å². The normalized spacial score (nSPS) is 10.5. The average Bonchev–Trinajstić information content (AvgIpc) is 2.70. The zero-order valence-corrected chi connectivity index (χ0v) is 14.8. The lowest BCUT2D eigenvalue weighted by molar-refractivity contribution is -0.384. The lowest BCUT2D eigenvalue weighted by Crippen LogP contribution is -2.03. The molecule has 7 heteroatoms. The fourth-order valence-corrected chi connectivity index (χ4v) is 2.68. The number of nitro groups is 1. The molecule has 1 heterocycles. The first-order valence-electron chi connectivity index (χ1n) is 8.49. The molecule has 0 aliphatic heterocycles. The third kappa shape index (κ3) is 4.37. The number of nitrogens with zero attached hydrogens (tertiary/aromatic N) is 3. The van der Waals surface area contributed by atoms with Crippen molar-refractivity contribution in [3.63, 3.8) is 0 Å². The van der Waals surface area contributed by atoms with Gasteiger partial charge >= 0.3 is 0 Å². The molecule has 0 amide bonds. The molecule has 0 bridgehead atoms. The molecule has 0 aliphatic carbocycles. The molecule has 0 unspecified atom stereocenters. The molecule has 3 rings (SSSR count). The van der Waals surface area contributed by atoms with E-state index in [2.05, 4.69) is 16.4 Å². The first kappa shape index (κ1) is 18.3. The van der Waals surface area contributed by atoms with Gasteiger partial charge in [0.2, 0.25) is 0 Å². The number of nitriles is 1. The van der Waals surface area contributed by atoms with Crippen molar-refractivity contribution in [3.8, 4) is 6.07 Å². The van der Waals surface area contributed by atoms with Crippen LogP contribution in [0.2, 0.25) is 0 Å². The lowest BCUT2D eigenvalue weighted by atomic mass is 10.1. The summed E-state index contributed by atoms with van der Waals surface area (Å²) >= 11 is 0. The van der Waals surface area contributed by atoms with E-state index < -0.39 is 4.92 Å². The van der Waals surface area contributed by atoms with Gasteiger partial charge in [0.25, 0.3) is 5.69 Å². The summed E-state index contributed by atoms with van der Waals surface area (Å²) < 4.78 is 5.38. The van der Waals surface area contributed by atoms with Gasteiger partial charge in [0.1, 0.15) is 5.82 Å². The zero-order valence-electron chi connectivity index (χ0n) is 14.8. The summed E-state index contributed by atoms with van der Waals surface area (Å²) in [7, 11) is 0. The van der Waals surface area contributed by atoms with Crippen molar-refractivity contribution >= 4 is 22.4 Å². The molecule has 0 saturated heterocycles. The van der Waals surface area contributed by atoms with E-state index in [9.17, 15) is 15.4 Å². The predicted octanol–water partition coefficient (Wildman–Crippen LogP) is 4.16. The summed E-state index contributed by atoms with van der Waals surface area (Å²) in [5, 5.41) is 24.0. The Morgan fingerprint density at radius 2 is 1.93 bits per heavy atom. The third-order valence-corrected chi connectivity index (χ3v) is 4.09. The molecule has 0 saturated carbocycles. The van der Waals surface area contributed by atoms with E-state index in [1.54, 1.807) is 12.1 Å². The minimum atomic E-state index is -0.484. The second-order valence-corrected chi connectivity index (χ2v) is 5.93. The summed E-state index contributed by atoms with van der Waals surface area (Å²) in [6, 6.07) is 16.1. The van der Waals surface area contributed by atoms with Crippen LogP contribution in [-0.4, -0.2) is 16.5 Å². The molecule has 0 aliphatic rings. The Bertz CT molecular complexity index is 1010. The number of benzene rings is 2. The first-order chi connectivity index (χ1) is 13.1. The summed E-state index contributed by atoms with van der Waals surface area (Å²) in [6.45, 7) is 3.78. The van der Waals surface area contributed by atoms with Gasteiger partial charge in [0, 0.05) is 30.7 Å². The number of ether oxygens (including phenoxy) is 1. The van der Waals surface area contributed by atoms with Gasteiger partial charge in [0.15, 0.2) is 0 Å². The van der Waals surface area contributed by atoms with Crippen LogP contribution in [0.3, 0.4) is 0 Å². The zero-order chi connectivity index (χ0) is 19.2. The Kier molecular flexibility index (Phi) is 5.59. The van der Waals surface area contributed by atoms with E-state index in [0.29, 0.717) is 42.0 Å². The van der Waals surface area contributed by atoms with Crippen molar-refractivity contribution in [3.05, 3.63) is 75.3 Å². The van der Waals surface area contributed by atoms with Gasteiger partial charge in [-0.3, -0.25) is 10.1 Å². The quantitative estimate of drug-likeness (QED) is 0.500. The number of nitrogens with one attached hydrogen (secondary N) is 1. The summed E-state index contributed by atoms with van der Waals surface area (Å²) in [4.78, 5) is 14.9. The highest BCUT2D eigenvalue weighted by atomic mass is 16.6. The van der Waals surface area contributed by atoms with Crippen LogP contribution in [0.4, 0.5) is 11.5 Å². The molecule has 3 aromatic rings.